The van der Waals surface area contributed by atoms with Crippen LogP contribution in [-0.2, 0) is 5.33 Å². The molecule has 0 amide bonds. The van der Waals surface area contributed by atoms with E-state index in [-0.39, 0.29) is 0 Å². The van der Waals surface area contributed by atoms with Crippen LogP contribution in [-0.4, -0.2) is 12.9 Å². The van der Waals surface area contributed by atoms with E-state index in [1.54, 1.807) is 15.8 Å². The number of thiophene rings is 1. The molecular formula is C7H6BrClN2S. The first kappa shape index (κ1) is 8.53. The molecule has 0 aliphatic carbocycles. The molecule has 0 bridgehead atoms. The van der Waals surface area contributed by atoms with Crippen LogP contribution in [0.15, 0.2) is 10.4 Å². The summed E-state index contributed by atoms with van der Waals surface area (Å²) in [5.74, 6) is 0. The van der Waals surface area contributed by atoms with Crippen molar-refractivity contribution in [3.63, 3.8) is 0 Å². The second-order valence-electron chi connectivity index (χ2n) is 2.42. The maximum absolute atomic E-state index is 5.98. The van der Waals surface area contributed by atoms with E-state index in [1.807, 2.05) is 6.21 Å². The monoisotopic (exact) mass is 264 g/mol. The topological polar surface area (TPSA) is 15.6 Å². The van der Waals surface area contributed by atoms with E-state index in [0.29, 0.717) is 6.67 Å². The Hall–Kier alpha value is -0.0600. The van der Waals surface area contributed by atoms with Gasteiger partial charge in [-0.2, -0.15) is 0 Å². The van der Waals surface area contributed by atoms with Gasteiger partial charge in [0.2, 0.25) is 0 Å². The third-order valence-electron chi connectivity index (χ3n) is 1.67. The second kappa shape index (κ2) is 3.36. The minimum Gasteiger partial charge on any atom is -0.269 e. The molecule has 1 aliphatic heterocycles. The lowest BCUT2D eigenvalue weighted by Crippen LogP contribution is -2.15. The summed E-state index contributed by atoms with van der Waals surface area (Å²) >= 11 is 11.1. The smallest absolute Gasteiger partial charge is 0.125 e. The van der Waals surface area contributed by atoms with E-state index in [9.17, 15) is 0 Å². The Morgan fingerprint density at radius 1 is 1.75 bits per heavy atom. The largest absolute Gasteiger partial charge is 0.269 e. The molecule has 1 aromatic heterocycles. The number of hydrogen-bond donors (Lipinski definition) is 0. The first-order valence-corrected chi connectivity index (χ1v) is 5.76. The van der Waals surface area contributed by atoms with Gasteiger partial charge in [-0.25, -0.2) is 0 Å². The van der Waals surface area contributed by atoms with Gasteiger partial charge in [-0.05, 0) is 10.9 Å². The lowest BCUT2D eigenvalue weighted by atomic mass is 10.2. The summed E-state index contributed by atoms with van der Waals surface area (Å²) < 4.78 is 1.66. The van der Waals surface area contributed by atoms with Crippen molar-refractivity contribution in [2.24, 2.45) is 4.99 Å². The van der Waals surface area contributed by atoms with Gasteiger partial charge in [0.25, 0.3) is 0 Å². The molecule has 0 unspecified atom stereocenters. The van der Waals surface area contributed by atoms with Crippen LogP contribution in [0.25, 0.3) is 0 Å². The molecule has 2 heterocycles. The van der Waals surface area contributed by atoms with E-state index < -0.39 is 0 Å². The molecule has 1 aliphatic rings. The average Bonchev–Trinajstić information content (AvgIpc) is 2.49. The molecule has 0 spiro atoms. The van der Waals surface area contributed by atoms with Crippen molar-refractivity contribution in [1.82, 2.24) is 0 Å². The van der Waals surface area contributed by atoms with Crippen LogP contribution < -0.4 is 4.42 Å². The van der Waals surface area contributed by atoms with Gasteiger partial charge >= 0.3 is 0 Å². The van der Waals surface area contributed by atoms with E-state index >= 15 is 0 Å². The fourth-order valence-electron chi connectivity index (χ4n) is 1.13. The third-order valence-corrected chi connectivity index (χ3v) is 3.50. The highest BCUT2D eigenvalue weighted by atomic mass is 79.9. The van der Waals surface area contributed by atoms with E-state index in [4.69, 9.17) is 11.8 Å². The van der Waals surface area contributed by atoms with Gasteiger partial charge in [0.15, 0.2) is 0 Å². The zero-order valence-electron chi connectivity index (χ0n) is 6.13. The maximum Gasteiger partial charge on any atom is 0.125 e. The Morgan fingerprint density at radius 2 is 2.58 bits per heavy atom. The van der Waals surface area contributed by atoms with Crippen molar-refractivity contribution in [2.75, 3.05) is 11.1 Å². The minimum absolute atomic E-state index is 0.547. The first-order valence-electron chi connectivity index (χ1n) is 3.42. The first-order chi connectivity index (χ1) is 5.83. The number of anilines is 1. The molecule has 2 rings (SSSR count). The molecule has 0 saturated carbocycles. The summed E-state index contributed by atoms with van der Waals surface area (Å²) in [5.41, 5.74) is 2.34. The Kier molecular flexibility index (Phi) is 2.39. The van der Waals surface area contributed by atoms with Gasteiger partial charge in [0.1, 0.15) is 6.67 Å². The molecule has 1 aromatic rings. The fraction of sp³-hybridized carbons (Fsp3) is 0.286. The van der Waals surface area contributed by atoms with Crippen LogP contribution >= 0.6 is 39.0 Å². The average molecular weight is 266 g/mol. The van der Waals surface area contributed by atoms with Crippen molar-refractivity contribution in [2.45, 2.75) is 5.33 Å². The molecule has 64 valence electrons. The number of nitrogens with zero attached hydrogens (tertiary/aromatic N) is 2. The van der Waals surface area contributed by atoms with E-state index in [1.165, 1.54) is 5.56 Å². The second-order valence-corrected chi connectivity index (χ2v) is 4.30. The SMILES string of the molecule is ClN1CN=Cc2scc(CBr)c21. The number of aliphatic imine (C=N–C) groups is 1. The van der Waals surface area contributed by atoms with Crippen molar-refractivity contribution in [3.05, 3.63) is 15.8 Å². The summed E-state index contributed by atoms with van der Waals surface area (Å²) in [5, 5.41) is 2.95. The van der Waals surface area contributed by atoms with Gasteiger partial charge in [-0.1, -0.05) is 15.9 Å². The summed E-state index contributed by atoms with van der Waals surface area (Å²) in [6, 6.07) is 0. The lowest BCUT2D eigenvalue weighted by molar-refractivity contribution is 1.03. The predicted octanol–water partition coefficient (Wildman–Crippen LogP) is 2.99. The van der Waals surface area contributed by atoms with E-state index in [0.717, 1.165) is 15.9 Å². The Bertz CT molecular complexity index is 323. The Labute approximate surface area is 88.1 Å². The zero-order chi connectivity index (χ0) is 8.55. The van der Waals surface area contributed by atoms with Gasteiger partial charge in [0, 0.05) is 23.3 Å². The summed E-state index contributed by atoms with van der Waals surface area (Å²) in [6.45, 7) is 0.547. The van der Waals surface area contributed by atoms with Gasteiger partial charge in [-0.3, -0.25) is 9.41 Å². The third kappa shape index (κ3) is 1.28. The highest BCUT2D eigenvalue weighted by molar-refractivity contribution is 9.08. The van der Waals surface area contributed by atoms with Crippen LogP contribution in [0.1, 0.15) is 10.4 Å². The number of hydrogen-bond acceptors (Lipinski definition) is 3. The molecule has 0 saturated heterocycles. The van der Waals surface area contributed by atoms with E-state index in [2.05, 4.69) is 26.3 Å². The minimum atomic E-state index is 0.547. The van der Waals surface area contributed by atoms with Crippen LogP contribution in [0, 0.1) is 0 Å². The number of halogens is 2. The zero-order valence-corrected chi connectivity index (χ0v) is 9.29. The van der Waals surface area contributed by atoms with Crippen molar-refractivity contribution >= 4 is 50.9 Å². The lowest BCUT2D eigenvalue weighted by Gasteiger charge is -2.17. The molecule has 2 nitrogen and oxygen atoms in total. The molecule has 0 atom stereocenters. The molecule has 5 heteroatoms. The highest BCUT2D eigenvalue weighted by Gasteiger charge is 2.17. The number of alkyl halides is 1. The molecule has 0 fully saturated rings. The highest BCUT2D eigenvalue weighted by Crippen LogP contribution is 2.34. The molecule has 12 heavy (non-hydrogen) atoms. The van der Waals surface area contributed by atoms with Crippen LogP contribution in [0.4, 0.5) is 5.69 Å². The quantitative estimate of drug-likeness (QED) is 0.563. The summed E-state index contributed by atoms with van der Waals surface area (Å²) in [6.07, 6.45) is 1.88. The standard InChI is InChI=1S/C7H6BrClN2S/c8-1-5-3-12-6-2-10-4-11(9)7(5)6/h2-3H,1,4H2. The van der Waals surface area contributed by atoms with Gasteiger partial charge in [0.05, 0.1) is 10.6 Å². The van der Waals surface area contributed by atoms with Crippen molar-refractivity contribution < 1.29 is 0 Å². The number of rotatable bonds is 1. The van der Waals surface area contributed by atoms with Crippen LogP contribution in [0.5, 0.6) is 0 Å². The van der Waals surface area contributed by atoms with Crippen molar-refractivity contribution in [3.8, 4) is 0 Å². The summed E-state index contributed by atoms with van der Waals surface area (Å²) in [4.78, 5) is 5.26. The van der Waals surface area contributed by atoms with Crippen LogP contribution in [0.3, 0.4) is 0 Å². The Morgan fingerprint density at radius 3 is 3.33 bits per heavy atom. The number of fused-ring (bicyclic) bond motifs is 1. The molecule has 0 aromatic carbocycles. The molecule has 0 radical (unpaired) electrons. The normalized spacial score (nSPS) is 15.0. The predicted molar refractivity (Wildman–Crippen MR) is 57.7 cm³/mol. The molecular weight excluding hydrogens is 260 g/mol. The maximum atomic E-state index is 5.98. The summed E-state index contributed by atoms with van der Waals surface area (Å²) in [7, 11) is 0. The van der Waals surface area contributed by atoms with Gasteiger partial charge in [-0.15, -0.1) is 11.3 Å². The van der Waals surface area contributed by atoms with Crippen molar-refractivity contribution in [1.29, 1.82) is 0 Å². The Balaban J connectivity index is 2.51. The van der Waals surface area contributed by atoms with Crippen LogP contribution in [0.2, 0.25) is 0 Å². The fourth-order valence-corrected chi connectivity index (χ4v) is 3.04. The van der Waals surface area contributed by atoms with Gasteiger partial charge < -0.3 is 0 Å². The molecule has 0 N–H and O–H groups in total.